The summed E-state index contributed by atoms with van der Waals surface area (Å²) < 4.78 is 0. The van der Waals surface area contributed by atoms with Crippen LogP contribution in [0.3, 0.4) is 0 Å². The van der Waals surface area contributed by atoms with Crippen LogP contribution in [0.4, 0.5) is 5.95 Å². The lowest BCUT2D eigenvalue weighted by Crippen LogP contribution is -2.37. The van der Waals surface area contributed by atoms with Gasteiger partial charge < -0.3 is 11.1 Å². The Morgan fingerprint density at radius 1 is 1.24 bits per heavy atom. The van der Waals surface area contributed by atoms with Crippen LogP contribution in [-0.4, -0.2) is 22.6 Å². The largest absolute Gasteiger partial charge is 0.354 e. The van der Waals surface area contributed by atoms with E-state index in [0.29, 0.717) is 12.0 Å². The van der Waals surface area contributed by atoms with Crippen LogP contribution in [-0.2, 0) is 0 Å². The number of aryl methyl sites for hydroxylation is 2. The Hall–Kier alpha value is -1.16. The Kier molecular flexibility index (Phi) is 3.94. The van der Waals surface area contributed by atoms with Crippen LogP contribution in [0.5, 0.6) is 0 Å². The molecule has 2 atom stereocenters. The molecule has 0 aromatic carbocycles. The summed E-state index contributed by atoms with van der Waals surface area (Å²) in [6.45, 7) is 4.88. The second-order valence-corrected chi connectivity index (χ2v) is 5.06. The molecule has 2 rings (SSSR count). The minimum atomic E-state index is 0.335. The molecule has 0 spiro atoms. The Morgan fingerprint density at radius 2 is 1.88 bits per heavy atom. The van der Waals surface area contributed by atoms with Gasteiger partial charge in [0.1, 0.15) is 0 Å². The summed E-state index contributed by atoms with van der Waals surface area (Å²) in [5, 5.41) is 3.32. The summed E-state index contributed by atoms with van der Waals surface area (Å²) >= 11 is 0. The summed E-state index contributed by atoms with van der Waals surface area (Å²) in [6.07, 6.45) is 4.95. The first-order valence-electron chi connectivity index (χ1n) is 6.47. The zero-order valence-corrected chi connectivity index (χ0v) is 10.7. The predicted molar refractivity (Wildman–Crippen MR) is 69.9 cm³/mol. The van der Waals surface area contributed by atoms with Crippen LogP contribution < -0.4 is 11.1 Å². The second kappa shape index (κ2) is 5.45. The molecule has 3 N–H and O–H groups in total. The smallest absolute Gasteiger partial charge is 0.223 e. The SMILES string of the molecule is Cc1cc(C)nc(NCC2CCCCC2N)n1. The van der Waals surface area contributed by atoms with Crippen molar-refractivity contribution in [3.63, 3.8) is 0 Å². The van der Waals surface area contributed by atoms with Crippen molar-refractivity contribution >= 4 is 5.95 Å². The van der Waals surface area contributed by atoms with Crippen molar-refractivity contribution in [2.45, 2.75) is 45.6 Å². The third-order valence-electron chi connectivity index (χ3n) is 3.47. The van der Waals surface area contributed by atoms with Gasteiger partial charge >= 0.3 is 0 Å². The van der Waals surface area contributed by atoms with Gasteiger partial charge in [-0.05, 0) is 38.7 Å². The van der Waals surface area contributed by atoms with Crippen LogP contribution in [0.25, 0.3) is 0 Å². The van der Waals surface area contributed by atoms with E-state index in [4.69, 9.17) is 5.73 Å². The Bertz CT molecular complexity index is 357. The van der Waals surface area contributed by atoms with Gasteiger partial charge in [0.15, 0.2) is 0 Å². The third kappa shape index (κ3) is 3.40. The molecule has 0 saturated heterocycles. The van der Waals surface area contributed by atoms with Crippen LogP contribution in [0.2, 0.25) is 0 Å². The van der Waals surface area contributed by atoms with Crippen molar-refractivity contribution in [1.29, 1.82) is 0 Å². The van der Waals surface area contributed by atoms with Gasteiger partial charge in [-0.2, -0.15) is 0 Å². The van der Waals surface area contributed by atoms with Crippen LogP contribution in [0, 0.1) is 19.8 Å². The quantitative estimate of drug-likeness (QED) is 0.840. The summed E-state index contributed by atoms with van der Waals surface area (Å²) in [4.78, 5) is 8.76. The van der Waals surface area contributed by atoms with E-state index in [-0.39, 0.29) is 0 Å². The highest BCUT2D eigenvalue weighted by Gasteiger charge is 2.21. The molecule has 0 bridgehead atoms. The number of aromatic nitrogens is 2. The highest BCUT2D eigenvalue weighted by molar-refractivity contribution is 5.27. The lowest BCUT2D eigenvalue weighted by molar-refractivity contribution is 0.321. The van der Waals surface area contributed by atoms with Gasteiger partial charge in [0.05, 0.1) is 0 Å². The number of anilines is 1. The average Bonchev–Trinajstić information content (AvgIpc) is 2.27. The summed E-state index contributed by atoms with van der Waals surface area (Å²) in [5.41, 5.74) is 8.14. The molecule has 1 aromatic heterocycles. The first-order valence-corrected chi connectivity index (χ1v) is 6.47. The number of nitrogens with zero attached hydrogens (tertiary/aromatic N) is 2. The summed E-state index contributed by atoms with van der Waals surface area (Å²) in [6, 6.07) is 2.32. The predicted octanol–water partition coefficient (Wildman–Crippen LogP) is 2.02. The average molecular weight is 234 g/mol. The Morgan fingerprint density at radius 3 is 2.53 bits per heavy atom. The molecule has 0 aliphatic heterocycles. The van der Waals surface area contributed by atoms with Gasteiger partial charge in [-0.25, -0.2) is 9.97 Å². The highest BCUT2D eigenvalue weighted by Crippen LogP contribution is 2.22. The van der Waals surface area contributed by atoms with E-state index in [1.165, 1.54) is 19.3 Å². The maximum absolute atomic E-state index is 6.12. The lowest BCUT2D eigenvalue weighted by atomic mass is 9.85. The van der Waals surface area contributed by atoms with E-state index < -0.39 is 0 Å². The maximum atomic E-state index is 6.12. The van der Waals surface area contributed by atoms with Gasteiger partial charge in [0.2, 0.25) is 5.95 Å². The second-order valence-electron chi connectivity index (χ2n) is 5.06. The molecule has 0 radical (unpaired) electrons. The first-order chi connectivity index (χ1) is 8.15. The van der Waals surface area contributed by atoms with E-state index >= 15 is 0 Å². The first kappa shape index (κ1) is 12.3. The van der Waals surface area contributed by atoms with Gasteiger partial charge in [0, 0.05) is 24.0 Å². The van der Waals surface area contributed by atoms with Crippen LogP contribution in [0.15, 0.2) is 6.07 Å². The van der Waals surface area contributed by atoms with Crippen LogP contribution in [0.1, 0.15) is 37.1 Å². The number of rotatable bonds is 3. The highest BCUT2D eigenvalue weighted by atomic mass is 15.1. The molecule has 2 unspecified atom stereocenters. The molecule has 1 saturated carbocycles. The molecule has 1 aromatic rings. The molecule has 1 aliphatic rings. The number of nitrogens with two attached hydrogens (primary N) is 1. The van der Waals surface area contributed by atoms with Gasteiger partial charge in [-0.3, -0.25) is 0 Å². The molecular weight excluding hydrogens is 212 g/mol. The number of hydrogen-bond donors (Lipinski definition) is 2. The molecule has 0 amide bonds. The zero-order valence-electron chi connectivity index (χ0n) is 10.7. The molecule has 1 aliphatic carbocycles. The Labute approximate surface area is 103 Å². The van der Waals surface area contributed by atoms with E-state index in [1.54, 1.807) is 0 Å². The minimum absolute atomic E-state index is 0.335. The topological polar surface area (TPSA) is 63.8 Å². The molecule has 4 heteroatoms. The fourth-order valence-corrected chi connectivity index (χ4v) is 2.52. The minimum Gasteiger partial charge on any atom is -0.354 e. The third-order valence-corrected chi connectivity index (χ3v) is 3.47. The van der Waals surface area contributed by atoms with Gasteiger partial charge in [-0.15, -0.1) is 0 Å². The number of hydrogen-bond acceptors (Lipinski definition) is 4. The monoisotopic (exact) mass is 234 g/mol. The van der Waals surface area contributed by atoms with Crippen molar-refractivity contribution in [1.82, 2.24) is 9.97 Å². The normalized spacial score (nSPS) is 24.6. The zero-order chi connectivity index (χ0) is 12.3. The summed E-state index contributed by atoms with van der Waals surface area (Å²) in [7, 11) is 0. The lowest BCUT2D eigenvalue weighted by Gasteiger charge is -2.28. The van der Waals surface area contributed by atoms with Crippen molar-refractivity contribution in [2.24, 2.45) is 11.7 Å². The van der Waals surface area contributed by atoms with Gasteiger partial charge in [0.25, 0.3) is 0 Å². The number of nitrogens with one attached hydrogen (secondary N) is 1. The molecule has 4 nitrogen and oxygen atoms in total. The van der Waals surface area contributed by atoms with E-state index in [2.05, 4.69) is 15.3 Å². The van der Waals surface area contributed by atoms with Crippen LogP contribution >= 0.6 is 0 Å². The van der Waals surface area contributed by atoms with E-state index in [0.717, 1.165) is 30.3 Å². The molecule has 1 heterocycles. The fraction of sp³-hybridized carbons (Fsp3) is 0.692. The van der Waals surface area contributed by atoms with Crippen molar-refractivity contribution in [3.8, 4) is 0 Å². The summed E-state index contributed by atoms with van der Waals surface area (Å²) in [5.74, 6) is 1.30. The molecular formula is C13H22N4. The molecule has 1 fully saturated rings. The van der Waals surface area contributed by atoms with Crippen molar-refractivity contribution in [3.05, 3.63) is 17.5 Å². The van der Waals surface area contributed by atoms with E-state index in [1.807, 2.05) is 19.9 Å². The standard InChI is InChI=1S/C13H22N4/c1-9-7-10(2)17-13(16-9)15-8-11-5-3-4-6-12(11)14/h7,11-12H,3-6,8,14H2,1-2H3,(H,15,16,17). The maximum Gasteiger partial charge on any atom is 0.223 e. The van der Waals surface area contributed by atoms with E-state index in [9.17, 15) is 0 Å². The fourth-order valence-electron chi connectivity index (χ4n) is 2.52. The van der Waals surface area contributed by atoms with Crippen molar-refractivity contribution in [2.75, 3.05) is 11.9 Å². The molecule has 94 valence electrons. The molecule has 17 heavy (non-hydrogen) atoms. The van der Waals surface area contributed by atoms with Crippen molar-refractivity contribution < 1.29 is 0 Å². The Balaban J connectivity index is 1.92. The van der Waals surface area contributed by atoms with Gasteiger partial charge in [-0.1, -0.05) is 12.8 Å².